The summed E-state index contributed by atoms with van der Waals surface area (Å²) in [7, 11) is 0. The van der Waals surface area contributed by atoms with Gasteiger partial charge in [-0.2, -0.15) is 0 Å². The fourth-order valence-corrected chi connectivity index (χ4v) is 2.46. The third-order valence-corrected chi connectivity index (χ3v) is 3.54. The van der Waals surface area contributed by atoms with Crippen LogP contribution in [-0.2, 0) is 11.3 Å². The van der Waals surface area contributed by atoms with Crippen LogP contribution in [0.4, 0.5) is 8.78 Å². The lowest BCUT2D eigenvalue weighted by atomic mass is 10.0. The third kappa shape index (κ3) is 3.43. The minimum Gasteiger partial charge on any atom is -0.379 e. The Labute approximate surface area is 122 Å². The van der Waals surface area contributed by atoms with Crippen molar-refractivity contribution in [2.75, 3.05) is 26.3 Å². The Hall–Kier alpha value is -1.85. The normalized spacial score (nSPS) is 16.1. The Balaban J connectivity index is 1.83. The number of hydrogen-bond donors (Lipinski definition) is 0. The zero-order valence-corrected chi connectivity index (χ0v) is 11.6. The second kappa shape index (κ2) is 6.28. The molecule has 1 fully saturated rings. The maximum atomic E-state index is 13.8. The number of ether oxygens (including phenoxy) is 1. The van der Waals surface area contributed by atoms with Gasteiger partial charge in [-0.15, -0.1) is 0 Å². The minimum absolute atomic E-state index is 0.242. The molecule has 0 aliphatic carbocycles. The molecule has 3 nitrogen and oxygen atoms in total. The molecule has 0 saturated carbocycles. The molecular weight excluding hydrogens is 274 g/mol. The average Bonchev–Trinajstić information content (AvgIpc) is 2.51. The van der Waals surface area contributed by atoms with Gasteiger partial charge in [0.05, 0.1) is 13.2 Å². The van der Waals surface area contributed by atoms with Crippen LogP contribution in [0.2, 0.25) is 0 Å². The molecule has 0 radical (unpaired) electrons. The van der Waals surface area contributed by atoms with E-state index in [1.165, 1.54) is 6.07 Å². The molecule has 1 saturated heterocycles. The molecule has 21 heavy (non-hydrogen) atoms. The Morgan fingerprint density at radius 2 is 1.90 bits per heavy atom. The third-order valence-electron chi connectivity index (χ3n) is 3.54. The first-order chi connectivity index (χ1) is 10.2. The van der Waals surface area contributed by atoms with Crippen LogP contribution in [0.15, 0.2) is 36.7 Å². The molecule has 1 aliphatic rings. The molecule has 0 unspecified atom stereocenters. The average molecular weight is 290 g/mol. The number of morpholine rings is 1. The Bertz CT molecular complexity index is 627. The summed E-state index contributed by atoms with van der Waals surface area (Å²) in [4.78, 5) is 6.41. The summed E-state index contributed by atoms with van der Waals surface area (Å²) in [5.74, 6) is -0.897. The number of rotatable bonds is 3. The van der Waals surface area contributed by atoms with E-state index in [9.17, 15) is 8.78 Å². The van der Waals surface area contributed by atoms with E-state index in [0.717, 1.165) is 50.5 Å². The van der Waals surface area contributed by atoms with Gasteiger partial charge in [0.2, 0.25) is 0 Å². The highest BCUT2D eigenvalue weighted by Crippen LogP contribution is 2.24. The topological polar surface area (TPSA) is 25.4 Å². The molecule has 3 rings (SSSR count). The van der Waals surface area contributed by atoms with Crippen molar-refractivity contribution in [3.8, 4) is 11.1 Å². The van der Waals surface area contributed by atoms with Gasteiger partial charge in [-0.1, -0.05) is 0 Å². The zero-order valence-electron chi connectivity index (χ0n) is 11.6. The predicted octanol–water partition coefficient (Wildman–Crippen LogP) is 2.86. The van der Waals surface area contributed by atoms with Crippen LogP contribution in [-0.4, -0.2) is 36.2 Å². The Morgan fingerprint density at radius 3 is 2.71 bits per heavy atom. The smallest absolute Gasteiger partial charge is 0.131 e. The highest BCUT2D eigenvalue weighted by Gasteiger charge is 2.12. The van der Waals surface area contributed by atoms with Gasteiger partial charge < -0.3 is 4.74 Å². The summed E-state index contributed by atoms with van der Waals surface area (Å²) in [6.07, 6.45) is 3.32. The Morgan fingerprint density at radius 1 is 1.10 bits per heavy atom. The van der Waals surface area contributed by atoms with Gasteiger partial charge in [0.25, 0.3) is 0 Å². The number of pyridine rings is 1. The number of halogens is 2. The van der Waals surface area contributed by atoms with Gasteiger partial charge >= 0.3 is 0 Å². The number of hydrogen-bond acceptors (Lipinski definition) is 3. The van der Waals surface area contributed by atoms with Crippen molar-refractivity contribution in [3.63, 3.8) is 0 Å². The van der Waals surface area contributed by atoms with Crippen molar-refractivity contribution in [1.29, 1.82) is 0 Å². The quantitative estimate of drug-likeness (QED) is 0.869. The van der Waals surface area contributed by atoms with E-state index in [1.54, 1.807) is 12.4 Å². The zero-order chi connectivity index (χ0) is 14.7. The summed E-state index contributed by atoms with van der Waals surface area (Å²) >= 11 is 0. The van der Waals surface area contributed by atoms with E-state index >= 15 is 0 Å². The Kier molecular flexibility index (Phi) is 4.22. The SMILES string of the molecule is Fc1ccc(F)c(-c2cncc(CN3CCOCC3)c2)c1. The van der Waals surface area contributed by atoms with Crippen molar-refractivity contribution < 1.29 is 13.5 Å². The molecule has 2 aromatic rings. The van der Waals surface area contributed by atoms with Crippen LogP contribution in [0.25, 0.3) is 11.1 Å². The van der Waals surface area contributed by atoms with Crippen molar-refractivity contribution in [2.24, 2.45) is 0 Å². The molecule has 0 atom stereocenters. The number of aromatic nitrogens is 1. The highest BCUT2D eigenvalue weighted by molar-refractivity contribution is 5.63. The van der Waals surface area contributed by atoms with Crippen LogP contribution >= 0.6 is 0 Å². The van der Waals surface area contributed by atoms with Gasteiger partial charge in [0.1, 0.15) is 11.6 Å². The molecule has 1 aromatic carbocycles. The van der Waals surface area contributed by atoms with Crippen molar-refractivity contribution in [1.82, 2.24) is 9.88 Å². The van der Waals surface area contributed by atoms with Gasteiger partial charge in [-0.3, -0.25) is 9.88 Å². The second-order valence-electron chi connectivity index (χ2n) is 5.09. The molecule has 5 heteroatoms. The van der Waals surface area contributed by atoms with Crippen LogP contribution in [0.5, 0.6) is 0 Å². The van der Waals surface area contributed by atoms with Crippen LogP contribution in [0.1, 0.15) is 5.56 Å². The number of benzene rings is 1. The van der Waals surface area contributed by atoms with E-state index in [0.29, 0.717) is 5.56 Å². The fourth-order valence-electron chi connectivity index (χ4n) is 2.46. The molecule has 0 bridgehead atoms. The molecule has 1 aromatic heterocycles. The summed E-state index contributed by atoms with van der Waals surface area (Å²) in [6.45, 7) is 3.94. The second-order valence-corrected chi connectivity index (χ2v) is 5.09. The fraction of sp³-hybridized carbons (Fsp3) is 0.312. The van der Waals surface area contributed by atoms with Crippen LogP contribution in [0.3, 0.4) is 0 Å². The predicted molar refractivity (Wildman–Crippen MR) is 75.7 cm³/mol. The maximum Gasteiger partial charge on any atom is 0.131 e. The summed E-state index contributed by atoms with van der Waals surface area (Å²) in [5, 5.41) is 0. The van der Waals surface area contributed by atoms with Crippen molar-refractivity contribution in [3.05, 3.63) is 53.9 Å². The lowest BCUT2D eigenvalue weighted by Crippen LogP contribution is -2.35. The lowest BCUT2D eigenvalue weighted by molar-refractivity contribution is 0.0341. The first-order valence-corrected chi connectivity index (χ1v) is 6.92. The van der Waals surface area contributed by atoms with Gasteiger partial charge in [-0.25, -0.2) is 8.78 Å². The summed E-state index contributed by atoms with van der Waals surface area (Å²) in [5.41, 5.74) is 1.82. The summed E-state index contributed by atoms with van der Waals surface area (Å²) < 4.78 is 32.4. The van der Waals surface area contributed by atoms with E-state index in [1.807, 2.05) is 6.07 Å². The molecule has 0 N–H and O–H groups in total. The molecule has 0 spiro atoms. The van der Waals surface area contributed by atoms with Gasteiger partial charge in [0, 0.05) is 43.2 Å². The maximum absolute atomic E-state index is 13.8. The van der Waals surface area contributed by atoms with Gasteiger partial charge in [0.15, 0.2) is 0 Å². The standard InChI is InChI=1S/C16H16F2N2O/c17-14-1-2-16(18)15(8-14)13-7-12(9-19-10-13)11-20-3-5-21-6-4-20/h1-2,7-10H,3-6,11H2. The van der Waals surface area contributed by atoms with E-state index < -0.39 is 11.6 Å². The minimum atomic E-state index is -0.454. The summed E-state index contributed by atoms with van der Waals surface area (Å²) in [6, 6.07) is 5.31. The molecular formula is C16H16F2N2O. The first-order valence-electron chi connectivity index (χ1n) is 6.92. The highest BCUT2D eigenvalue weighted by atomic mass is 19.1. The van der Waals surface area contributed by atoms with E-state index in [-0.39, 0.29) is 5.56 Å². The van der Waals surface area contributed by atoms with Crippen LogP contribution in [0, 0.1) is 11.6 Å². The molecule has 110 valence electrons. The monoisotopic (exact) mass is 290 g/mol. The molecule has 2 heterocycles. The lowest BCUT2D eigenvalue weighted by Gasteiger charge is -2.26. The van der Waals surface area contributed by atoms with Crippen molar-refractivity contribution in [2.45, 2.75) is 6.54 Å². The van der Waals surface area contributed by atoms with E-state index in [4.69, 9.17) is 4.74 Å². The first kappa shape index (κ1) is 14.1. The van der Waals surface area contributed by atoms with Crippen LogP contribution < -0.4 is 0 Å². The molecule has 1 aliphatic heterocycles. The van der Waals surface area contributed by atoms with E-state index in [2.05, 4.69) is 9.88 Å². The number of nitrogens with zero attached hydrogens (tertiary/aromatic N) is 2. The van der Waals surface area contributed by atoms with Crippen molar-refractivity contribution >= 4 is 0 Å². The largest absolute Gasteiger partial charge is 0.379 e. The van der Waals surface area contributed by atoms with Gasteiger partial charge in [-0.05, 0) is 29.8 Å². The molecule has 0 amide bonds.